The second kappa shape index (κ2) is 7.81. The van der Waals surface area contributed by atoms with Crippen molar-refractivity contribution in [1.82, 2.24) is 4.90 Å². The van der Waals surface area contributed by atoms with Crippen LogP contribution in [0.1, 0.15) is 44.1 Å². The average molecular weight is 328 g/mol. The van der Waals surface area contributed by atoms with Gasteiger partial charge in [0.15, 0.2) is 11.6 Å². The van der Waals surface area contributed by atoms with E-state index in [1.165, 1.54) is 6.42 Å². The molecule has 1 atom stereocenters. The second-order valence-electron chi connectivity index (χ2n) is 6.32. The molecule has 3 nitrogen and oxygen atoms in total. The van der Waals surface area contributed by atoms with Crippen LogP contribution in [0.15, 0.2) is 12.1 Å². The summed E-state index contributed by atoms with van der Waals surface area (Å²) in [4.78, 5) is 14.0. The minimum atomic E-state index is -1.23. The molecule has 0 saturated heterocycles. The van der Waals surface area contributed by atoms with E-state index in [0.717, 1.165) is 31.7 Å². The molecule has 0 aromatic heterocycles. The third-order valence-corrected chi connectivity index (χ3v) is 4.52. The van der Waals surface area contributed by atoms with Crippen LogP contribution in [0.25, 0.3) is 0 Å². The minimum absolute atomic E-state index is 0.00667. The van der Waals surface area contributed by atoms with Crippen molar-refractivity contribution < 1.29 is 18.0 Å². The molecule has 6 heteroatoms. The lowest BCUT2D eigenvalue weighted by molar-refractivity contribution is -0.132. The monoisotopic (exact) mass is 328 g/mol. The molecule has 1 aliphatic rings. The highest BCUT2D eigenvalue weighted by Gasteiger charge is 2.24. The molecule has 0 bridgehead atoms. The van der Waals surface area contributed by atoms with Gasteiger partial charge in [-0.1, -0.05) is 19.3 Å². The summed E-state index contributed by atoms with van der Waals surface area (Å²) < 4.78 is 39.7. The Morgan fingerprint density at radius 3 is 2.43 bits per heavy atom. The van der Waals surface area contributed by atoms with E-state index < -0.39 is 23.5 Å². The van der Waals surface area contributed by atoms with Gasteiger partial charge in [-0.3, -0.25) is 4.79 Å². The van der Waals surface area contributed by atoms with Gasteiger partial charge in [-0.15, -0.1) is 0 Å². The minimum Gasteiger partial charge on any atom is -0.343 e. The predicted molar refractivity (Wildman–Crippen MR) is 82.3 cm³/mol. The number of rotatable bonds is 5. The number of nitrogens with zero attached hydrogens (tertiary/aromatic N) is 1. The van der Waals surface area contributed by atoms with Crippen LogP contribution in [-0.2, 0) is 11.2 Å². The fraction of sp³-hybridized carbons (Fsp3) is 0.588. The van der Waals surface area contributed by atoms with Gasteiger partial charge in [0.05, 0.1) is 0 Å². The largest absolute Gasteiger partial charge is 0.343 e. The number of hydrogen-bond donors (Lipinski definition) is 1. The molecule has 0 radical (unpaired) electrons. The summed E-state index contributed by atoms with van der Waals surface area (Å²) in [6.45, 7) is 0. The van der Waals surface area contributed by atoms with E-state index in [9.17, 15) is 18.0 Å². The van der Waals surface area contributed by atoms with Crippen molar-refractivity contribution in [3.8, 4) is 0 Å². The molecule has 128 valence electrons. The van der Waals surface area contributed by atoms with Crippen molar-refractivity contribution in [1.29, 1.82) is 0 Å². The van der Waals surface area contributed by atoms with Gasteiger partial charge < -0.3 is 10.6 Å². The van der Waals surface area contributed by atoms with Crippen LogP contribution in [0, 0.1) is 17.5 Å². The van der Waals surface area contributed by atoms with E-state index in [4.69, 9.17) is 5.73 Å². The van der Waals surface area contributed by atoms with Crippen molar-refractivity contribution >= 4 is 5.91 Å². The van der Waals surface area contributed by atoms with Crippen LogP contribution >= 0.6 is 0 Å². The standard InChI is InChI=1S/C17H23F3N2O/c1-22(13-5-3-2-4-6-13)17(23)9-12(21)7-11-8-15(19)16(20)10-14(11)18/h8,10,12-13H,2-7,9,21H2,1H3/t12-/m1/s1. The highest BCUT2D eigenvalue weighted by atomic mass is 19.2. The molecule has 0 aliphatic heterocycles. The Hall–Kier alpha value is -1.56. The molecule has 0 heterocycles. The molecule has 23 heavy (non-hydrogen) atoms. The number of halogens is 3. The third-order valence-electron chi connectivity index (χ3n) is 4.52. The van der Waals surface area contributed by atoms with Gasteiger partial charge in [0.1, 0.15) is 5.82 Å². The van der Waals surface area contributed by atoms with Crippen molar-refractivity contribution in [3.05, 3.63) is 35.1 Å². The Kier molecular flexibility index (Phi) is 6.04. The summed E-state index contributed by atoms with van der Waals surface area (Å²) in [7, 11) is 1.77. The lowest BCUT2D eigenvalue weighted by Crippen LogP contribution is -2.41. The topological polar surface area (TPSA) is 46.3 Å². The summed E-state index contributed by atoms with van der Waals surface area (Å²) >= 11 is 0. The van der Waals surface area contributed by atoms with Gasteiger partial charge in [0, 0.05) is 31.6 Å². The fourth-order valence-corrected chi connectivity index (χ4v) is 3.12. The molecule has 2 rings (SSSR count). The zero-order valence-corrected chi connectivity index (χ0v) is 13.3. The Bertz CT molecular complexity index is 559. The van der Waals surface area contributed by atoms with Gasteiger partial charge in [0.25, 0.3) is 0 Å². The molecular formula is C17H23F3N2O. The number of nitrogens with two attached hydrogens (primary N) is 1. The molecule has 1 fully saturated rings. The van der Waals surface area contributed by atoms with Crippen LogP contribution < -0.4 is 5.73 Å². The maximum Gasteiger partial charge on any atom is 0.224 e. The normalized spacial score (nSPS) is 17.1. The fourth-order valence-electron chi connectivity index (χ4n) is 3.12. The molecule has 1 amide bonds. The summed E-state index contributed by atoms with van der Waals surface area (Å²) in [5.41, 5.74) is 5.89. The first-order valence-electron chi connectivity index (χ1n) is 8.03. The Balaban J connectivity index is 1.92. The summed E-state index contributed by atoms with van der Waals surface area (Å²) in [5.74, 6) is -3.27. The van der Waals surface area contributed by atoms with Gasteiger partial charge >= 0.3 is 0 Å². The predicted octanol–water partition coefficient (Wildman–Crippen LogP) is 3.15. The van der Waals surface area contributed by atoms with E-state index in [0.29, 0.717) is 6.07 Å². The number of hydrogen-bond acceptors (Lipinski definition) is 2. The summed E-state index contributed by atoms with van der Waals surface area (Å²) in [5, 5.41) is 0. The van der Waals surface area contributed by atoms with Crippen LogP contribution in [-0.4, -0.2) is 29.9 Å². The van der Waals surface area contributed by atoms with Crippen molar-refractivity contribution in [3.63, 3.8) is 0 Å². The van der Waals surface area contributed by atoms with Crippen molar-refractivity contribution in [2.45, 2.75) is 57.0 Å². The van der Waals surface area contributed by atoms with E-state index >= 15 is 0 Å². The number of amides is 1. The van der Waals surface area contributed by atoms with Gasteiger partial charge in [0.2, 0.25) is 5.91 Å². The van der Waals surface area contributed by atoms with Crippen molar-refractivity contribution in [2.75, 3.05) is 7.05 Å². The van der Waals surface area contributed by atoms with Gasteiger partial charge in [-0.25, -0.2) is 13.2 Å². The van der Waals surface area contributed by atoms with E-state index in [1.807, 2.05) is 0 Å². The summed E-state index contributed by atoms with van der Waals surface area (Å²) in [6, 6.07) is 0.920. The maximum absolute atomic E-state index is 13.6. The van der Waals surface area contributed by atoms with Gasteiger partial charge in [-0.2, -0.15) is 0 Å². The lowest BCUT2D eigenvalue weighted by atomic mass is 9.94. The Labute approximate surface area is 134 Å². The Morgan fingerprint density at radius 2 is 1.78 bits per heavy atom. The number of carbonyl (C=O) groups excluding carboxylic acids is 1. The number of carbonyl (C=O) groups is 1. The first-order valence-corrected chi connectivity index (χ1v) is 8.03. The van der Waals surface area contributed by atoms with E-state index in [1.54, 1.807) is 11.9 Å². The molecule has 0 unspecified atom stereocenters. The van der Waals surface area contributed by atoms with Crippen molar-refractivity contribution in [2.24, 2.45) is 5.73 Å². The van der Waals surface area contributed by atoms with Crippen LogP contribution in [0.2, 0.25) is 0 Å². The SMILES string of the molecule is CN(C(=O)C[C@H](N)Cc1cc(F)c(F)cc1F)C1CCCCC1. The quantitative estimate of drug-likeness (QED) is 0.844. The summed E-state index contributed by atoms with van der Waals surface area (Å²) in [6.07, 6.45) is 5.49. The van der Waals surface area contributed by atoms with E-state index in [-0.39, 0.29) is 30.4 Å². The Morgan fingerprint density at radius 1 is 1.17 bits per heavy atom. The smallest absolute Gasteiger partial charge is 0.224 e. The first-order chi connectivity index (χ1) is 10.9. The average Bonchev–Trinajstić information content (AvgIpc) is 2.52. The highest BCUT2D eigenvalue weighted by molar-refractivity contribution is 5.76. The third kappa shape index (κ3) is 4.70. The molecular weight excluding hydrogens is 305 g/mol. The van der Waals surface area contributed by atoms with Gasteiger partial charge in [-0.05, 0) is 30.9 Å². The first kappa shape index (κ1) is 17.8. The molecule has 0 spiro atoms. The van der Waals surface area contributed by atoms with Crippen LogP contribution in [0.5, 0.6) is 0 Å². The molecule has 1 saturated carbocycles. The second-order valence-corrected chi connectivity index (χ2v) is 6.32. The maximum atomic E-state index is 13.6. The molecule has 1 aliphatic carbocycles. The molecule has 2 N–H and O–H groups in total. The van der Waals surface area contributed by atoms with E-state index in [2.05, 4.69) is 0 Å². The molecule has 1 aromatic carbocycles. The highest BCUT2D eigenvalue weighted by Crippen LogP contribution is 2.22. The van der Waals surface area contributed by atoms with Crippen LogP contribution in [0.4, 0.5) is 13.2 Å². The van der Waals surface area contributed by atoms with Crippen LogP contribution in [0.3, 0.4) is 0 Å². The molecule has 1 aromatic rings. The zero-order chi connectivity index (χ0) is 17.0. The number of benzene rings is 1. The lowest BCUT2D eigenvalue weighted by Gasteiger charge is -2.32. The zero-order valence-electron chi connectivity index (χ0n) is 13.3.